The first-order chi connectivity index (χ1) is 14.0. The van der Waals surface area contributed by atoms with Crippen LogP contribution in [0.1, 0.15) is 48.3 Å². The lowest BCUT2D eigenvalue weighted by molar-refractivity contribution is -0.132. The van der Waals surface area contributed by atoms with E-state index in [1.165, 1.54) is 29.8 Å². The molecule has 0 radical (unpaired) electrons. The molecule has 2 aliphatic heterocycles. The van der Waals surface area contributed by atoms with Gasteiger partial charge in [-0.15, -0.1) is 16.9 Å². The Balaban J connectivity index is 1.72. The molecule has 1 spiro atoms. The number of amides is 2. The summed E-state index contributed by atoms with van der Waals surface area (Å²) in [6.45, 7) is 3.00. The molecule has 1 N–H and O–H groups in total. The van der Waals surface area contributed by atoms with Crippen LogP contribution in [0.25, 0.3) is 0 Å². The van der Waals surface area contributed by atoms with Crippen molar-refractivity contribution in [1.82, 2.24) is 10.3 Å². The van der Waals surface area contributed by atoms with Gasteiger partial charge in [0.15, 0.2) is 5.17 Å². The molecule has 4 rings (SSSR count). The molecular formula is C22H23N3O2S2. The van der Waals surface area contributed by atoms with E-state index in [-0.39, 0.29) is 22.3 Å². The highest BCUT2D eigenvalue weighted by Gasteiger charge is 2.52. The Bertz CT molecular complexity index is 886. The molecule has 7 heteroatoms. The smallest absolute Gasteiger partial charge is 0.240 e. The summed E-state index contributed by atoms with van der Waals surface area (Å²) in [5, 5.41) is 9.79. The van der Waals surface area contributed by atoms with E-state index in [2.05, 4.69) is 58.9 Å². The number of hydrazone groups is 1. The van der Waals surface area contributed by atoms with Crippen LogP contribution in [0, 0.1) is 0 Å². The van der Waals surface area contributed by atoms with E-state index in [0.29, 0.717) is 5.17 Å². The number of carbonyl (C=O) groups excluding carboxylic acids is 2. The predicted octanol–water partition coefficient (Wildman–Crippen LogP) is 4.69. The van der Waals surface area contributed by atoms with Crippen molar-refractivity contribution in [2.75, 3.05) is 0 Å². The number of nitrogens with zero attached hydrogens (tertiary/aromatic N) is 2. The molecule has 29 heavy (non-hydrogen) atoms. The largest absolute Gasteiger partial charge is 0.304 e. The number of hydrogen-bond donors (Lipinski definition) is 1. The van der Waals surface area contributed by atoms with E-state index >= 15 is 0 Å². The predicted molar refractivity (Wildman–Crippen MR) is 119 cm³/mol. The van der Waals surface area contributed by atoms with Crippen molar-refractivity contribution >= 4 is 40.5 Å². The summed E-state index contributed by atoms with van der Waals surface area (Å²) in [5.74, 6) is -0.287. The van der Waals surface area contributed by atoms with E-state index in [1.54, 1.807) is 11.9 Å². The van der Waals surface area contributed by atoms with Crippen LogP contribution >= 0.6 is 23.5 Å². The lowest BCUT2D eigenvalue weighted by atomic mass is 9.96. The molecule has 2 aliphatic rings. The topological polar surface area (TPSA) is 61.8 Å². The second-order valence-corrected chi connectivity index (χ2v) is 10.1. The van der Waals surface area contributed by atoms with E-state index in [1.807, 2.05) is 23.9 Å². The number of benzene rings is 2. The first-order valence-corrected chi connectivity index (χ1v) is 11.3. The summed E-state index contributed by atoms with van der Waals surface area (Å²) in [5.41, 5.74) is 2.49. The van der Waals surface area contributed by atoms with Crippen LogP contribution < -0.4 is 5.32 Å². The average Bonchev–Trinajstić information content (AvgIpc) is 3.05. The van der Waals surface area contributed by atoms with Crippen LogP contribution in [0.4, 0.5) is 0 Å². The minimum atomic E-state index is -0.518. The molecule has 5 nitrogen and oxygen atoms in total. The van der Waals surface area contributed by atoms with Crippen LogP contribution in [0.15, 0.2) is 65.8 Å². The van der Waals surface area contributed by atoms with Gasteiger partial charge in [0.05, 0.1) is 0 Å². The van der Waals surface area contributed by atoms with Crippen molar-refractivity contribution in [2.24, 2.45) is 5.10 Å². The van der Waals surface area contributed by atoms with E-state index < -0.39 is 4.87 Å². The Morgan fingerprint density at radius 1 is 0.966 bits per heavy atom. The number of hydrogen-bond acceptors (Lipinski definition) is 5. The zero-order chi connectivity index (χ0) is 20.4. The summed E-state index contributed by atoms with van der Waals surface area (Å²) in [7, 11) is 0. The molecule has 2 amide bonds. The third-order valence-electron chi connectivity index (χ3n) is 5.12. The van der Waals surface area contributed by atoms with Gasteiger partial charge in [-0.25, -0.2) is 5.01 Å². The van der Waals surface area contributed by atoms with Gasteiger partial charge in [0.2, 0.25) is 11.8 Å². The standard InChI is InChI=1S/C22H23N3O2S2/c1-15(26)23-21-24-25(16(2)27)22(29-21)13-19(17-9-5-3-6-10-17)28-20(14-22)18-11-7-4-8-12-18/h3-12,19-20H,13-14H2,1-2H3,(H,23,24,26)/t19-,20+,22?. The molecule has 2 aromatic rings. The highest BCUT2D eigenvalue weighted by Crippen LogP contribution is 2.60. The lowest BCUT2D eigenvalue weighted by Gasteiger charge is -2.44. The van der Waals surface area contributed by atoms with Crippen molar-refractivity contribution in [3.05, 3.63) is 71.8 Å². The summed E-state index contributed by atoms with van der Waals surface area (Å²) in [4.78, 5) is 23.6. The molecule has 1 fully saturated rings. The van der Waals surface area contributed by atoms with Gasteiger partial charge in [-0.1, -0.05) is 72.4 Å². The van der Waals surface area contributed by atoms with Gasteiger partial charge < -0.3 is 5.32 Å². The molecule has 2 aromatic carbocycles. The van der Waals surface area contributed by atoms with Gasteiger partial charge in [-0.05, 0) is 24.0 Å². The maximum absolute atomic E-state index is 12.5. The fourth-order valence-corrected chi connectivity index (χ4v) is 7.34. The normalized spacial score (nSPS) is 26.3. The molecule has 0 aromatic heterocycles. The molecular weight excluding hydrogens is 402 g/mol. The van der Waals surface area contributed by atoms with Crippen molar-refractivity contribution in [2.45, 2.75) is 42.1 Å². The van der Waals surface area contributed by atoms with Crippen molar-refractivity contribution < 1.29 is 9.59 Å². The minimum Gasteiger partial charge on any atom is -0.304 e. The summed E-state index contributed by atoms with van der Waals surface area (Å²) in [6.07, 6.45) is 1.53. The van der Waals surface area contributed by atoms with Gasteiger partial charge in [0.1, 0.15) is 4.87 Å². The van der Waals surface area contributed by atoms with Crippen molar-refractivity contribution in [3.8, 4) is 0 Å². The number of nitrogens with one attached hydrogen (secondary N) is 1. The Kier molecular flexibility index (Phi) is 5.69. The first kappa shape index (κ1) is 20.0. The number of amidine groups is 1. The molecule has 1 unspecified atom stereocenters. The van der Waals surface area contributed by atoms with Gasteiger partial charge >= 0.3 is 0 Å². The van der Waals surface area contributed by atoms with Crippen LogP contribution in [0.3, 0.4) is 0 Å². The maximum Gasteiger partial charge on any atom is 0.240 e. The fraction of sp³-hybridized carbons (Fsp3) is 0.318. The van der Waals surface area contributed by atoms with Crippen LogP contribution in [0.5, 0.6) is 0 Å². The first-order valence-electron chi connectivity index (χ1n) is 9.58. The summed E-state index contributed by atoms with van der Waals surface area (Å²) in [6, 6.07) is 20.8. The SMILES string of the molecule is CC(=O)NC1=NN(C(C)=O)C2(C[C@@H](c3ccccc3)S[C@@H](c3ccccc3)C2)S1. The average molecular weight is 426 g/mol. The highest BCUT2D eigenvalue weighted by atomic mass is 32.2. The molecule has 0 bridgehead atoms. The number of carbonyl (C=O) groups is 2. The number of rotatable bonds is 2. The zero-order valence-corrected chi connectivity index (χ0v) is 18.0. The quantitative estimate of drug-likeness (QED) is 0.758. The third kappa shape index (κ3) is 4.21. The molecule has 150 valence electrons. The van der Waals surface area contributed by atoms with Crippen LogP contribution in [-0.4, -0.2) is 26.9 Å². The van der Waals surface area contributed by atoms with Gasteiger partial charge in [-0.2, -0.15) is 0 Å². The lowest BCUT2D eigenvalue weighted by Crippen LogP contribution is -2.46. The van der Waals surface area contributed by atoms with Crippen molar-refractivity contribution in [1.29, 1.82) is 0 Å². The number of thioether (sulfide) groups is 2. The second kappa shape index (κ2) is 8.24. The third-order valence-corrected chi connectivity index (χ3v) is 7.92. The molecule has 2 heterocycles. The highest BCUT2D eigenvalue weighted by molar-refractivity contribution is 8.15. The van der Waals surface area contributed by atoms with Gasteiger partial charge in [-0.3, -0.25) is 9.59 Å². The van der Waals surface area contributed by atoms with Crippen LogP contribution in [-0.2, 0) is 9.59 Å². The Morgan fingerprint density at radius 3 is 1.93 bits per heavy atom. The maximum atomic E-state index is 12.5. The monoisotopic (exact) mass is 425 g/mol. The van der Waals surface area contributed by atoms with E-state index in [0.717, 1.165) is 12.8 Å². The molecule has 0 aliphatic carbocycles. The van der Waals surface area contributed by atoms with Gasteiger partial charge in [0.25, 0.3) is 0 Å². The molecule has 0 saturated carbocycles. The Morgan fingerprint density at radius 2 is 1.48 bits per heavy atom. The summed E-state index contributed by atoms with van der Waals surface area (Å²) >= 11 is 3.44. The van der Waals surface area contributed by atoms with E-state index in [4.69, 9.17) is 0 Å². The van der Waals surface area contributed by atoms with Crippen LogP contribution in [0.2, 0.25) is 0 Å². The van der Waals surface area contributed by atoms with E-state index in [9.17, 15) is 9.59 Å². The Labute approximate surface area is 179 Å². The fourth-order valence-electron chi connectivity index (χ4n) is 3.93. The Hall–Kier alpha value is -2.25. The molecule has 3 atom stereocenters. The van der Waals surface area contributed by atoms with Crippen molar-refractivity contribution in [3.63, 3.8) is 0 Å². The zero-order valence-electron chi connectivity index (χ0n) is 16.4. The minimum absolute atomic E-state index is 0.108. The molecule has 1 saturated heterocycles. The van der Waals surface area contributed by atoms with Gasteiger partial charge in [0, 0.05) is 24.3 Å². The second-order valence-electron chi connectivity index (χ2n) is 7.31. The summed E-state index contributed by atoms with van der Waals surface area (Å²) < 4.78 is 0.